The summed E-state index contributed by atoms with van der Waals surface area (Å²) in [5, 5.41) is 0. The molecule has 0 spiro atoms. The van der Waals surface area contributed by atoms with Crippen molar-refractivity contribution in [3.05, 3.63) is 29.8 Å². The van der Waals surface area contributed by atoms with E-state index in [0.717, 1.165) is 6.42 Å². The summed E-state index contributed by atoms with van der Waals surface area (Å²) in [4.78, 5) is 0. The Labute approximate surface area is 121 Å². The first-order valence-corrected chi connectivity index (χ1v) is 7.75. The second-order valence-corrected chi connectivity index (χ2v) is 5.19. The molecular weight excluding hydrogens is 258 g/mol. The maximum Gasteiger partial charge on any atom is 0.263 e. The average Bonchev–Trinajstić information content (AvgIpc) is 2.46. The van der Waals surface area contributed by atoms with Crippen LogP contribution in [0.25, 0.3) is 0 Å². The van der Waals surface area contributed by atoms with Gasteiger partial charge in [0, 0.05) is 5.56 Å². The minimum Gasteiger partial charge on any atom is -0.494 e. The summed E-state index contributed by atoms with van der Waals surface area (Å²) in [6, 6.07) is 6.08. The van der Waals surface area contributed by atoms with Gasteiger partial charge in [0.1, 0.15) is 5.75 Å². The van der Waals surface area contributed by atoms with Gasteiger partial charge in [-0.1, -0.05) is 51.9 Å². The summed E-state index contributed by atoms with van der Waals surface area (Å²) >= 11 is 0. The molecule has 0 heterocycles. The number of hydrogen-bond donors (Lipinski definition) is 0. The Bertz CT molecular complexity index is 335. The van der Waals surface area contributed by atoms with Crippen LogP contribution in [0.1, 0.15) is 70.3 Å². The summed E-state index contributed by atoms with van der Waals surface area (Å²) in [5.41, 5.74) is 0.0458. The van der Waals surface area contributed by atoms with Crippen LogP contribution < -0.4 is 4.74 Å². The van der Waals surface area contributed by atoms with Gasteiger partial charge in [-0.05, 0) is 30.7 Å². The predicted molar refractivity (Wildman–Crippen MR) is 79.5 cm³/mol. The molecule has 0 aromatic heterocycles. The molecule has 0 radical (unpaired) electrons. The molecule has 0 aliphatic carbocycles. The van der Waals surface area contributed by atoms with E-state index in [0.29, 0.717) is 12.4 Å². The monoisotopic (exact) mass is 284 g/mol. The molecule has 1 aromatic rings. The van der Waals surface area contributed by atoms with Gasteiger partial charge in [-0.25, -0.2) is 8.78 Å². The minimum atomic E-state index is -2.41. The molecule has 20 heavy (non-hydrogen) atoms. The van der Waals surface area contributed by atoms with E-state index in [-0.39, 0.29) is 5.56 Å². The molecule has 0 saturated carbocycles. The maximum atomic E-state index is 12.4. The molecule has 3 heteroatoms. The number of rotatable bonds is 11. The first-order valence-electron chi connectivity index (χ1n) is 7.75. The first-order chi connectivity index (χ1) is 9.74. The van der Waals surface area contributed by atoms with Crippen molar-refractivity contribution < 1.29 is 13.5 Å². The van der Waals surface area contributed by atoms with Gasteiger partial charge in [0.15, 0.2) is 0 Å². The molecule has 0 fully saturated rings. The highest BCUT2D eigenvalue weighted by Crippen LogP contribution is 2.21. The van der Waals surface area contributed by atoms with E-state index in [9.17, 15) is 8.78 Å². The van der Waals surface area contributed by atoms with Gasteiger partial charge in [-0.3, -0.25) is 0 Å². The molecule has 0 unspecified atom stereocenters. The van der Waals surface area contributed by atoms with Crippen molar-refractivity contribution in [2.45, 2.75) is 64.7 Å². The molecule has 1 rings (SSSR count). The maximum absolute atomic E-state index is 12.4. The van der Waals surface area contributed by atoms with E-state index < -0.39 is 6.43 Å². The average molecular weight is 284 g/mol. The topological polar surface area (TPSA) is 9.23 Å². The smallest absolute Gasteiger partial charge is 0.263 e. The van der Waals surface area contributed by atoms with Crippen molar-refractivity contribution >= 4 is 0 Å². The van der Waals surface area contributed by atoms with Crippen molar-refractivity contribution in [2.75, 3.05) is 6.61 Å². The third-order valence-corrected chi connectivity index (χ3v) is 3.40. The number of benzene rings is 1. The van der Waals surface area contributed by atoms with Crippen molar-refractivity contribution in [2.24, 2.45) is 0 Å². The van der Waals surface area contributed by atoms with E-state index in [1.807, 2.05) is 0 Å². The molecule has 0 aliphatic heterocycles. The largest absolute Gasteiger partial charge is 0.494 e. The highest BCUT2D eigenvalue weighted by atomic mass is 19.3. The van der Waals surface area contributed by atoms with E-state index in [4.69, 9.17) is 4.74 Å². The zero-order valence-electron chi connectivity index (χ0n) is 12.4. The SMILES string of the molecule is CCCCCCCCCCOc1ccc(C(F)F)cc1. The Morgan fingerprint density at radius 2 is 1.40 bits per heavy atom. The quantitative estimate of drug-likeness (QED) is 0.443. The Hall–Kier alpha value is -1.12. The number of ether oxygens (including phenoxy) is 1. The third kappa shape index (κ3) is 7.46. The Morgan fingerprint density at radius 3 is 1.95 bits per heavy atom. The van der Waals surface area contributed by atoms with Gasteiger partial charge in [-0.2, -0.15) is 0 Å². The van der Waals surface area contributed by atoms with Gasteiger partial charge in [0.25, 0.3) is 6.43 Å². The van der Waals surface area contributed by atoms with E-state index in [1.165, 1.54) is 57.1 Å². The van der Waals surface area contributed by atoms with Crippen molar-refractivity contribution in [3.63, 3.8) is 0 Å². The summed E-state index contributed by atoms with van der Waals surface area (Å²) in [6.07, 6.45) is 7.70. The van der Waals surface area contributed by atoms with Gasteiger partial charge in [-0.15, -0.1) is 0 Å². The van der Waals surface area contributed by atoms with E-state index >= 15 is 0 Å². The molecule has 0 amide bonds. The molecule has 1 nitrogen and oxygen atoms in total. The van der Waals surface area contributed by atoms with Crippen LogP contribution in [0.5, 0.6) is 5.75 Å². The van der Waals surface area contributed by atoms with Crippen LogP contribution in [-0.2, 0) is 0 Å². The van der Waals surface area contributed by atoms with Gasteiger partial charge in [0.2, 0.25) is 0 Å². The molecule has 114 valence electrons. The predicted octanol–water partition coefficient (Wildman–Crippen LogP) is 6.14. The molecule has 0 aliphatic rings. The Balaban J connectivity index is 2.01. The molecule has 1 aromatic carbocycles. The fraction of sp³-hybridized carbons (Fsp3) is 0.647. The highest BCUT2D eigenvalue weighted by molar-refractivity contribution is 5.27. The first kappa shape index (κ1) is 16.9. The molecule has 0 atom stereocenters. The van der Waals surface area contributed by atoms with E-state index in [2.05, 4.69) is 6.92 Å². The zero-order chi connectivity index (χ0) is 14.6. The summed E-state index contributed by atoms with van der Waals surface area (Å²) in [6.45, 7) is 2.90. The Morgan fingerprint density at radius 1 is 0.850 bits per heavy atom. The molecular formula is C17H26F2O. The zero-order valence-corrected chi connectivity index (χ0v) is 12.4. The normalized spacial score (nSPS) is 11.0. The number of halogens is 2. The molecule has 0 saturated heterocycles. The summed E-state index contributed by atoms with van der Waals surface area (Å²) in [7, 11) is 0. The fourth-order valence-corrected chi connectivity index (χ4v) is 2.14. The van der Waals surface area contributed by atoms with Gasteiger partial charge >= 0.3 is 0 Å². The van der Waals surface area contributed by atoms with Gasteiger partial charge in [0.05, 0.1) is 6.61 Å². The Kier molecular flexibility index (Phi) is 9.01. The van der Waals surface area contributed by atoms with Crippen molar-refractivity contribution in [3.8, 4) is 5.75 Å². The van der Waals surface area contributed by atoms with Crippen LogP contribution in [0.3, 0.4) is 0 Å². The standard InChI is InChI=1S/C17H26F2O/c1-2-3-4-5-6-7-8-9-14-20-16-12-10-15(11-13-16)17(18)19/h10-13,17H,2-9,14H2,1H3. The van der Waals surface area contributed by atoms with Crippen LogP contribution in [0.2, 0.25) is 0 Å². The minimum absolute atomic E-state index is 0.0458. The lowest BCUT2D eigenvalue weighted by Gasteiger charge is -2.07. The number of hydrogen-bond acceptors (Lipinski definition) is 1. The molecule has 0 N–H and O–H groups in total. The lowest BCUT2D eigenvalue weighted by atomic mass is 10.1. The van der Waals surface area contributed by atoms with Crippen molar-refractivity contribution in [1.82, 2.24) is 0 Å². The van der Waals surface area contributed by atoms with Gasteiger partial charge < -0.3 is 4.74 Å². The lowest BCUT2D eigenvalue weighted by molar-refractivity contribution is 0.151. The number of unbranched alkanes of at least 4 members (excludes halogenated alkanes) is 7. The summed E-state index contributed by atoms with van der Waals surface area (Å²) < 4.78 is 30.3. The van der Waals surface area contributed by atoms with Crippen LogP contribution in [-0.4, -0.2) is 6.61 Å². The fourth-order valence-electron chi connectivity index (χ4n) is 2.14. The van der Waals surface area contributed by atoms with Crippen LogP contribution in [0.15, 0.2) is 24.3 Å². The second-order valence-electron chi connectivity index (χ2n) is 5.19. The molecule has 0 bridgehead atoms. The van der Waals surface area contributed by atoms with Crippen LogP contribution >= 0.6 is 0 Å². The highest BCUT2D eigenvalue weighted by Gasteiger charge is 2.05. The lowest BCUT2D eigenvalue weighted by Crippen LogP contribution is -1.97. The summed E-state index contributed by atoms with van der Waals surface area (Å²) in [5.74, 6) is 0.678. The third-order valence-electron chi connectivity index (χ3n) is 3.40. The number of alkyl halides is 2. The second kappa shape index (κ2) is 10.6. The van der Waals surface area contributed by atoms with E-state index in [1.54, 1.807) is 12.1 Å². The van der Waals surface area contributed by atoms with Crippen molar-refractivity contribution in [1.29, 1.82) is 0 Å². The van der Waals surface area contributed by atoms with Crippen LogP contribution in [0.4, 0.5) is 8.78 Å². The van der Waals surface area contributed by atoms with Crippen LogP contribution in [0, 0.1) is 0 Å².